The van der Waals surface area contributed by atoms with E-state index in [1.807, 2.05) is 18.2 Å². The van der Waals surface area contributed by atoms with E-state index in [1.54, 1.807) is 21.9 Å². The molecule has 1 aliphatic rings. The van der Waals surface area contributed by atoms with Crippen LogP contribution in [-0.2, 0) is 4.79 Å². The van der Waals surface area contributed by atoms with Crippen molar-refractivity contribution in [1.82, 2.24) is 9.80 Å². The number of nitrogens with zero attached hydrogens (tertiary/aromatic N) is 2. The first kappa shape index (κ1) is 12.6. The van der Waals surface area contributed by atoms with Crippen molar-refractivity contribution in [1.29, 1.82) is 0 Å². The summed E-state index contributed by atoms with van der Waals surface area (Å²) in [4.78, 5) is 26.7. The van der Waals surface area contributed by atoms with Crippen molar-refractivity contribution in [3.05, 3.63) is 35.9 Å². The molecule has 0 aromatic heterocycles. The maximum Gasteiger partial charge on any atom is 0.253 e. The van der Waals surface area contributed by atoms with Crippen LogP contribution in [-0.4, -0.2) is 59.5 Å². The molecule has 1 aliphatic heterocycles. The zero-order chi connectivity index (χ0) is 13.0. The topological polar surface area (TPSA) is 60.9 Å². The maximum atomic E-state index is 12.1. The SMILES string of the molecule is O=C(CO)N1CCN(C(=O)c2ccccc2)CC1. The summed E-state index contributed by atoms with van der Waals surface area (Å²) in [6, 6.07) is 9.10. The van der Waals surface area contributed by atoms with Crippen LogP contribution >= 0.6 is 0 Å². The molecule has 1 aromatic rings. The minimum absolute atomic E-state index is 0.00769. The van der Waals surface area contributed by atoms with E-state index < -0.39 is 6.61 Å². The smallest absolute Gasteiger partial charge is 0.253 e. The standard InChI is InChI=1S/C13H16N2O3/c16-10-12(17)14-6-8-15(9-7-14)13(18)11-4-2-1-3-5-11/h1-5,16H,6-10H2. The molecule has 5 heteroatoms. The Morgan fingerprint density at radius 1 is 1.00 bits per heavy atom. The number of carbonyl (C=O) groups excluding carboxylic acids is 2. The van der Waals surface area contributed by atoms with Crippen molar-refractivity contribution in [2.24, 2.45) is 0 Å². The van der Waals surface area contributed by atoms with Gasteiger partial charge in [0.2, 0.25) is 5.91 Å². The quantitative estimate of drug-likeness (QED) is 0.799. The lowest BCUT2D eigenvalue weighted by atomic mass is 10.2. The van der Waals surface area contributed by atoms with Gasteiger partial charge in [0.05, 0.1) is 0 Å². The fraction of sp³-hybridized carbons (Fsp3) is 0.385. The predicted octanol–water partition coefficient (Wildman–Crippen LogP) is -0.0367. The van der Waals surface area contributed by atoms with Gasteiger partial charge in [-0.2, -0.15) is 0 Å². The summed E-state index contributed by atoms with van der Waals surface area (Å²) < 4.78 is 0. The van der Waals surface area contributed by atoms with Crippen LogP contribution in [0, 0.1) is 0 Å². The summed E-state index contributed by atoms with van der Waals surface area (Å²) in [5.41, 5.74) is 0.666. The molecular formula is C13H16N2O3. The summed E-state index contributed by atoms with van der Waals surface area (Å²) in [5.74, 6) is -0.284. The Morgan fingerprint density at radius 2 is 1.56 bits per heavy atom. The summed E-state index contributed by atoms with van der Waals surface area (Å²) in [6.45, 7) is 1.53. The van der Waals surface area contributed by atoms with Crippen LogP contribution in [0.1, 0.15) is 10.4 Å². The van der Waals surface area contributed by atoms with E-state index in [1.165, 1.54) is 0 Å². The van der Waals surface area contributed by atoms with Gasteiger partial charge < -0.3 is 14.9 Å². The number of aliphatic hydroxyl groups excluding tert-OH is 1. The molecule has 1 fully saturated rings. The number of amides is 2. The number of benzene rings is 1. The fourth-order valence-corrected chi connectivity index (χ4v) is 2.02. The van der Waals surface area contributed by atoms with Crippen molar-refractivity contribution in [3.63, 3.8) is 0 Å². The second kappa shape index (κ2) is 5.64. The van der Waals surface area contributed by atoms with E-state index >= 15 is 0 Å². The highest BCUT2D eigenvalue weighted by Crippen LogP contribution is 2.08. The first-order valence-electron chi connectivity index (χ1n) is 5.95. The average Bonchev–Trinajstić information content (AvgIpc) is 2.47. The van der Waals surface area contributed by atoms with Crippen LogP contribution in [0.4, 0.5) is 0 Å². The number of hydrogen-bond acceptors (Lipinski definition) is 3. The number of rotatable bonds is 2. The van der Waals surface area contributed by atoms with E-state index in [0.717, 1.165) is 0 Å². The van der Waals surface area contributed by atoms with Crippen LogP contribution in [0.15, 0.2) is 30.3 Å². The highest BCUT2D eigenvalue weighted by atomic mass is 16.3. The number of piperazine rings is 1. The molecule has 1 N–H and O–H groups in total. The van der Waals surface area contributed by atoms with Gasteiger partial charge in [-0.05, 0) is 12.1 Å². The van der Waals surface area contributed by atoms with E-state index in [4.69, 9.17) is 5.11 Å². The Morgan fingerprint density at radius 3 is 2.11 bits per heavy atom. The maximum absolute atomic E-state index is 12.1. The lowest BCUT2D eigenvalue weighted by molar-refractivity contribution is -0.135. The molecule has 0 aliphatic carbocycles. The van der Waals surface area contributed by atoms with Crippen LogP contribution in [0.3, 0.4) is 0 Å². The van der Waals surface area contributed by atoms with Crippen molar-refractivity contribution in [2.45, 2.75) is 0 Å². The third kappa shape index (κ3) is 2.68. The van der Waals surface area contributed by atoms with Crippen molar-refractivity contribution < 1.29 is 14.7 Å². The first-order valence-corrected chi connectivity index (χ1v) is 5.95. The first-order chi connectivity index (χ1) is 8.72. The molecule has 1 heterocycles. The summed E-state index contributed by atoms with van der Waals surface area (Å²) in [5, 5.41) is 8.77. The largest absolute Gasteiger partial charge is 0.387 e. The van der Waals surface area contributed by atoms with Crippen LogP contribution in [0.25, 0.3) is 0 Å². The zero-order valence-corrected chi connectivity index (χ0v) is 10.1. The molecule has 2 rings (SSSR count). The minimum atomic E-state index is -0.466. The summed E-state index contributed by atoms with van der Waals surface area (Å²) in [7, 11) is 0. The van der Waals surface area contributed by atoms with E-state index in [-0.39, 0.29) is 11.8 Å². The lowest BCUT2D eigenvalue weighted by Crippen LogP contribution is -2.51. The van der Waals surface area contributed by atoms with Gasteiger partial charge in [-0.25, -0.2) is 0 Å². The van der Waals surface area contributed by atoms with Crippen molar-refractivity contribution >= 4 is 11.8 Å². The molecule has 0 bridgehead atoms. The lowest BCUT2D eigenvalue weighted by Gasteiger charge is -2.34. The molecule has 2 amide bonds. The zero-order valence-electron chi connectivity index (χ0n) is 10.1. The number of aliphatic hydroxyl groups is 1. The average molecular weight is 248 g/mol. The third-order valence-electron chi connectivity index (χ3n) is 3.08. The molecule has 1 aromatic carbocycles. The number of hydrogen-bond donors (Lipinski definition) is 1. The molecule has 5 nitrogen and oxygen atoms in total. The van der Waals surface area contributed by atoms with Gasteiger partial charge in [-0.15, -0.1) is 0 Å². The van der Waals surface area contributed by atoms with Gasteiger partial charge in [0.25, 0.3) is 5.91 Å². The Kier molecular flexibility index (Phi) is 3.94. The van der Waals surface area contributed by atoms with Gasteiger partial charge >= 0.3 is 0 Å². The molecule has 0 spiro atoms. The predicted molar refractivity (Wildman–Crippen MR) is 66.0 cm³/mol. The molecule has 0 atom stereocenters. The Labute approximate surface area is 106 Å². The highest BCUT2D eigenvalue weighted by Gasteiger charge is 2.24. The second-order valence-corrected chi connectivity index (χ2v) is 4.20. The van der Waals surface area contributed by atoms with Gasteiger partial charge in [0, 0.05) is 31.7 Å². The minimum Gasteiger partial charge on any atom is -0.387 e. The van der Waals surface area contributed by atoms with Crippen LogP contribution in [0.2, 0.25) is 0 Å². The molecule has 1 saturated heterocycles. The monoisotopic (exact) mass is 248 g/mol. The van der Waals surface area contributed by atoms with E-state index in [2.05, 4.69) is 0 Å². The molecule has 0 saturated carbocycles. The van der Waals surface area contributed by atoms with E-state index in [9.17, 15) is 9.59 Å². The van der Waals surface area contributed by atoms with Gasteiger partial charge in [-0.3, -0.25) is 9.59 Å². The second-order valence-electron chi connectivity index (χ2n) is 4.20. The molecule has 18 heavy (non-hydrogen) atoms. The Balaban J connectivity index is 1.94. The Bertz CT molecular complexity index is 425. The summed E-state index contributed by atoms with van der Waals surface area (Å²) in [6.07, 6.45) is 0. The molecule has 0 radical (unpaired) electrons. The molecular weight excluding hydrogens is 232 g/mol. The van der Waals surface area contributed by atoms with Gasteiger partial charge in [-0.1, -0.05) is 18.2 Å². The third-order valence-corrected chi connectivity index (χ3v) is 3.08. The highest BCUT2D eigenvalue weighted by molar-refractivity contribution is 5.94. The van der Waals surface area contributed by atoms with E-state index in [0.29, 0.717) is 31.7 Å². The normalized spacial score (nSPS) is 15.6. The molecule has 96 valence electrons. The summed E-state index contributed by atoms with van der Waals surface area (Å²) >= 11 is 0. The fourth-order valence-electron chi connectivity index (χ4n) is 2.02. The van der Waals surface area contributed by atoms with Gasteiger partial charge in [0.1, 0.15) is 6.61 Å². The van der Waals surface area contributed by atoms with Gasteiger partial charge in [0.15, 0.2) is 0 Å². The van der Waals surface area contributed by atoms with Crippen LogP contribution in [0.5, 0.6) is 0 Å². The van der Waals surface area contributed by atoms with Crippen molar-refractivity contribution in [2.75, 3.05) is 32.8 Å². The Hall–Kier alpha value is -1.88. The number of carbonyl (C=O) groups is 2. The molecule has 0 unspecified atom stereocenters. The van der Waals surface area contributed by atoms with Crippen LogP contribution < -0.4 is 0 Å². The van der Waals surface area contributed by atoms with Crippen molar-refractivity contribution in [3.8, 4) is 0 Å².